The fourth-order valence-electron chi connectivity index (χ4n) is 2.06. The topological polar surface area (TPSA) is 116 Å². The zero-order valence-electron chi connectivity index (χ0n) is 10.7. The van der Waals surface area contributed by atoms with Crippen LogP contribution in [0.3, 0.4) is 0 Å². The summed E-state index contributed by atoms with van der Waals surface area (Å²) in [4.78, 5) is 3.14. The highest BCUT2D eigenvalue weighted by molar-refractivity contribution is 7.85. The Bertz CT molecular complexity index is 535. The highest BCUT2D eigenvalue weighted by atomic mass is 32.2. The molecule has 1 heterocycles. The van der Waals surface area contributed by atoms with Gasteiger partial charge in [0.1, 0.15) is 17.6 Å². The number of hydrogen-bond donors (Lipinski definition) is 2. The van der Waals surface area contributed by atoms with Gasteiger partial charge in [-0.1, -0.05) is 23.3 Å². The van der Waals surface area contributed by atoms with Crippen LogP contribution in [0.5, 0.6) is 0 Å². The monoisotopic (exact) mass is 297 g/mol. The van der Waals surface area contributed by atoms with E-state index >= 15 is 0 Å². The van der Waals surface area contributed by atoms with E-state index in [0.29, 0.717) is 4.90 Å². The van der Waals surface area contributed by atoms with Gasteiger partial charge < -0.3 is 14.9 Å². The molecule has 1 aliphatic heterocycles. The Morgan fingerprint density at radius 1 is 1.30 bits per heavy atom. The first kappa shape index (κ1) is 15.0. The van der Waals surface area contributed by atoms with Crippen LogP contribution >= 0.6 is 0 Å². The highest BCUT2D eigenvalue weighted by Gasteiger charge is 2.45. The molecule has 0 aliphatic carbocycles. The highest BCUT2D eigenvalue weighted by Crippen LogP contribution is 2.28. The van der Waals surface area contributed by atoms with Gasteiger partial charge in [0.15, 0.2) is 0 Å². The molecule has 0 radical (unpaired) electrons. The van der Waals surface area contributed by atoms with Crippen LogP contribution in [0, 0.1) is 0 Å². The van der Waals surface area contributed by atoms with E-state index in [1.807, 2.05) is 0 Å². The van der Waals surface area contributed by atoms with Crippen LogP contribution in [0.4, 0.5) is 0 Å². The molecule has 1 fully saturated rings. The molecule has 2 rings (SSSR count). The number of rotatable bonds is 3. The van der Waals surface area contributed by atoms with Crippen LogP contribution < -0.4 is 0 Å². The standard InChI is InChI=1S/C12H15N3O4S/c1-7-10(16)11(17)9(14-15-13)12(19-7)20(18)8-5-3-2-4-6-8/h2-7,9-12,16-17H,1H3/t7-,9+,10+,11-,12+,20?/m1/s1. The van der Waals surface area contributed by atoms with E-state index in [1.54, 1.807) is 37.3 Å². The lowest BCUT2D eigenvalue weighted by molar-refractivity contribution is -0.148. The molecule has 1 aromatic rings. The fraction of sp³-hybridized carbons (Fsp3) is 0.500. The Morgan fingerprint density at radius 2 is 1.95 bits per heavy atom. The third-order valence-corrected chi connectivity index (χ3v) is 4.73. The zero-order valence-corrected chi connectivity index (χ0v) is 11.6. The third kappa shape index (κ3) is 2.84. The summed E-state index contributed by atoms with van der Waals surface area (Å²) in [5, 5.41) is 23.2. The lowest BCUT2D eigenvalue weighted by atomic mass is 9.99. The Morgan fingerprint density at radius 3 is 2.55 bits per heavy atom. The SMILES string of the molecule is C[C@H]1O[C@@H](S(=O)c2ccccc2)[C@@H](N=[N+]=[N-])[C@@H](O)[C@H]1O. The first-order valence-corrected chi connectivity index (χ1v) is 7.29. The molecule has 108 valence electrons. The van der Waals surface area contributed by atoms with Crippen molar-refractivity contribution in [1.29, 1.82) is 0 Å². The average molecular weight is 297 g/mol. The number of aliphatic hydroxyl groups is 2. The molecule has 8 heteroatoms. The summed E-state index contributed by atoms with van der Waals surface area (Å²) in [6.07, 6.45) is -3.20. The van der Waals surface area contributed by atoms with E-state index in [1.165, 1.54) is 0 Å². The second-order valence-corrected chi connectivity index (χ2v) is 6.03. The van der Waals surface area contributed by atoms with E-state index in [2.05, 4.69) is 10.0 Å². The number of azide groups is 1. The van der Waals surface area contributed by atoms with Crippen molar-refractivity contribution in [2.45, 2.75) is 41.6 Å². The van der Waals surface area contributed by atoms with Crippen molar-refractivity contribution in [2.75, 3.05) is 0 Å². The molecular formula is C12H15N3O4S. The summed E-state index contributed by atoms with van der Waals surface area (Å²) >= 11 is 0. The molecule has 0 amide bonds. The Hall–Kier alpha value is -1.44. The lowest BCUT2D eigenvalue weighted by Crippen LogP contribution is -2.56. The van der Waals surface area contributed by atoms with Crippen molar-refractivity contribution in [3.63, 3.8) is 0 Å². The largest absolute Gasteiger partial charge is 0.390 e. The first-order chi connectivity index (χ1) is 9.56. The molecule has 1 saturated heterocycles. The smallest absolute Gasteiger partial charge is 0.148 e. The number of benzene rings is 1. The van der Waals surface area contributed by atoms with Crippen molar-refractivity contribution in [2.24, 2.45) is 5.11 Å². The molecule has 7 nitrogen and oxygen atoms in total. The molecule has 6 atom stereocenters. The minimum atomic E-state index is -1.62. The molecule has 0 saturated carbocycles. The van der Waals surface area contributed by atoms with Gasteiger partial charge in [-0.25, -0.2) is 0 Å². The maximum atomic E-state index is 12.5. The quantitative estimate of drug-likeness (QED) is 0.490. The molecule has 0 spiro atoms. The van der Waals surface area contributed by atoms with Gasteiger partial charge in [-0.3, -0.25) is 4.21 Å². The van der Waals surface area contributed by atoms with Gasteiger partial charge in [-0.15, -0.1) is 0 Å². The summed E-state index contributed by atoms with van der Waals surface area (Å²) in [5.41, 5.74) is 7.57. The van der Waals surface area contributed by atoms with Gasteiger partial charge in [0.25, 0.3) is 0 Å². The molecule has 1 aliphatic rings. The first-order valence-electron chi connectivity index (χ1n) is 6.07. The van der Waals surface area contributed by atoms with Crippen molar-refractivity contribution in [3.05, 3.63) is 40.8 Å². The molecule has 2 N–H and O–H groups in total. The minimum absolute atomic E-state index is 0.506. The van der Waals surface area contributed by atoms with Crippen molar-refractivity contribution in [3.8, 4) is 0 Å². The van der Waals surface area contributed by atoms with Crippen molar-refractivity contribution < 1.29 is 19.2 Å². The maximum Gasteiger partial charge on any atom is 0.148 e. The van der Waals surface area contributed by atoms with E-state index in [4.69, 9.17) is 10.3 Å². The number of nitrogens with zero attached hydrogens (tertiary/aromatic N) is 3. The molecular weight excluding hydrogens is 282 g/mol. The third-order valence-electron chi connectivity index (χ3n) is 3.18. The Kier molecular flexibility index (Phi) is 4.74. The normalized spacial score (nSPS) is 35.0. The van der Waals surface area contributed by atoms with Gasteiger partial charge in [0, 0.05) is 9.81 Å². The number of ether oxygens (including phenoxy) is 1. The summed E-state index contributed by atoms with van der Waals surface area (Å²) in [7, 11) is -1.62. The van der Waals surface area contributed by atoms with Crippen LogP contribution in [-0.4, -0.2) is 44.2 Å². The number of hydrogen-bond acceptors (Lipinski definition) is 5. The Labute approximate surface area is 118 Å². The van der Waals surface area contributed by atoms with Crippen LogP contribution in [0.15, 0.2) is 40.3 Å². The maximum absolute atomic E-state index is 12.5. The van der Waals surface area contributed by atoms with E-state index < -0.39 is 40.6 Å². The predicted molar refractivity (Wildman–Crippen MR) is 72.1 cm³/mol. The molecule has 1 unspecified atom stereocenters. The van der Waals surface area contributed by atoms with Gasteiger partial charge >= 0.3 is 0 Å². The summed E-state index contributed by atoms with van der Waals surface area (Å²) < 4.78 is 18.0. The van der Waals surface area contributed by atoms with E-state index in [9.17, 15) is 14.4 Å². The van der Waals surface area contributed by atoms with Gasteiger partial charge in [0.05, 0.1) is 23.0 Å². The number of aliphatic hydroxyl groups excluding tert-OH is 2. The second-order valence-electron chi connectivity index (χ2n) is 4.50. The van der Waals surface area contributed by atoms with Crippen molar-refractivity contribution >= 4 is 10.8 Å². The van der Waals surface area contributed by atoms with Crippen LogP contribution in [0.2, 0.25) is 0 Å². The van der Waals surface area contributed by atoms with Crippen LogP contribution in [0.25, 0.3) is 10.4 Å². The molecule has 1 aromatic carbocycles. The molecule has 20 heavy (non-hydrogen) atoms. The second kappa shape index (κ2) is 6.34. The zero-order chi connectivity index (χ0) is 14.7. The van der Waals surface area contributed by atoms with Crippen LogP contribution in [-0.2, 0) is 15.5 Å². The van der Waals surface area contributed by atoms with Gasteiger partial charge in [-0.05, 0) is 24.6 Å². The van der Waals surface area contributed by atoms with Gasteiger partial charge in [0.2, 0.25) is 0 Å². The average Bonchev–Trinajstić information content (AvgIpc) is 2.48. The molecule has 0 bridgehead atoms. The van der Waals surface area contributed by atoms with Crippen LogP contribution in [0.1, 0.15) is 6.92 Å². The van der Waals surface area contributed by atoms with Crippen molar-refractivity contribution in [1.82, 2.24) is 0 Å². The predicted octanol–water partition coefficient (Wildman–Crippen LogP) is 0.940. The van der Waals surface area contributed by atoms with Gasteiger partial charge in [-0.2, -0.15) is 0 Å². The summed E-state index contributed by atoms with van der Waals surface area (Å²) in [6.45, 7) is 1.56. The summed E-state index contributed by atoms with van der Waals surface area (Å²) in [5.74, 6) is 0. The van der Waals surface area contributed by atoms with E-state index in [0.717, 1.165) is 0 Å². The summed E-state index contributed by atoms with van der Waals surface area (Å²) in [6, 6.07) is 7.46. The van der Waals surface area contributed by atoms with E-state index in [-0.39, 0.29) is 0 Å². The lowest BCUT2D eigenvalue weighted by Gasteiger charge is -2.39. The minimum Gasteiger partial charge on any atom is -0.390 e. The fourth-order valence-corrected chi connectivity index (χ4v) is 3.50. The molecule has 0 aromatic heterocycles. The Balaban J connectivity index is 2.32.